The van der Waals surface area contributed by atoms with Crippen LogP contribution in [0.25, 0.3) is 90.4 Å². The molecular weight excluding hydrogens is 639 g/mol. The lowest BCUT2D eigenvalue weighted by Gasteiger charge is -2.11. The first-order chi connectivity index (χ1) is 25.7. The Morgan fingerprint density at radius 2 is 0.615 bits per heavy atom. The van der Waals surface area contributed by atoms with E-state index in [0.29, 0.717) is 34.9 Å². The number of fused-ring (bicyclic) bond motifs is 1. The highest BCUT2D eigenvalue weighted by Crippen LogP contribution is 2.31. The van der Waals surface area contributed by atoms with Crippen LogP contribution in [0.15, 0.2) is 176 Å². The Morgan fingerprint density at radius 3 is 1.13 bits per heavy atom. The molecular formula is C45H29N7. The van der Waals surface area contributed by atoms with Gasteiger partial charge in [0.25, 0.3) is 0 Å². The monoisotopic (exact) mass is 667 g/mol. The Labute approximate surface area is 300 Å². The zero-order valence-corrected chi connectivity index (χ0v) is 27.9. The van der Waals surface area contributed by atoms with Crippen molar-refractivity contribution >= 4 is 10.9 Å². The van der Waals surface area contributed by atoms with Gasteiger partial charge < -0.3 is 0 Å². The van der Waals surface area contributed by atoms with E-state index in [1.165, 1.54) is 0 Å². The smallest absolute Gasteiger partial charge is 0.164 e. The Bertz CT molecular complexity index is 2660. The summed E-state index contributed by atoms with van der Waals surface area (Å²) in [4.78, 5) is 34.3. The summed E-state index contributed by atoms with van der Waals surface area (Å²) in [6.45, 7) is 0. The van der Waals surface area contributed by atoms with Gasteiger partial charge in [0.15, 0.2) is 34.9 Å². The Kier molecular flexibility index (Phi) is 8.04. The van der Waals surface area contributed by atoms with Crippen molar-refractivity contribution in [3.05, 3.63) is 176 Å². The maximum atomic E-state index is 5.01. The largest absolute Gasteiger partial charge is 0.256 e. The van der Waals surface area contributed by atoms with Crippen LogP contribution >= 0.6 is 0 Å². The number of pyridine rings is 1. The Hall–Kier alpha value is -7.25. The van der Waals surface area contributed by atoms with Gasteiger partial charge in [0.05, 0.1) is 5.52 Å². The van der Waals surface area contributed by atoms with Gasteiger partial charge in [-0.1, -0.05) is 140 Å². The molecule has 0 amide bonds. The highest BCUT2D eigenvalue weighted by Gasteiger charge is 2.16. The van der Waals surface area contributed by atoms with Crippen LogP contribution in [-0.2, 0) is 0 Å². The van der Waals surface area contributed by atoms with E-state index in [4.69, 9.17) is 29.9 Å². The maximum absolute atomic E-state index is 5.01. The molecule has 0 N–H and O–H groups in total. The first-order valence-electron chi connectivity index (χ1n) is 17.0. The third-order valence-corrected chi connectivity index (χ3v) is 8.83. The van der Waals surface area contributed by atoms with Crippen LogP contribution in [0, 0.1) is 0 Å². The molecule has 0 spiro atoms. The average Bonchev–Trinajstić information content (AvgIpc) is 3.24. The highest BCUT2D eigenvalue weighted by atomic mass is 15.0. The van der Waals surface area contributed by atoms with Crippen molar-refractivity contribution in [1.29, 1.82) is 0 Å². The molecule has 0 fully saturated rings. The van der Waals surface area contributed by atoms with Crippen molar-refractivity contribution in [2.75, 3.05) is 0 Å². The molecule has 0 unspecified atom stereocenters. The topological polar surface area (TPSA) is 90.2 Å². The quantitative estimate of drug-likeness (QED) is 0.167. The van der Waals surface area contributed by atoms with Crippen molar-refractivity contribution in [3.63, 3.8) is 0 Å². The lowest BCUT2D eigenvalue weighted by molar-refractivity contribution is 1.07. The fraction of sp³-hybridized carbons (Fsp3) is 0. The van der Waals surface area contributed by atoms with Gasteiger partial charge in [-0.2, -0.15) is 0 Å². The van der Waals surface area contributed by atoms with Crippen LogP contribution in [0.3, 0.4) is 0 Å². The molecule has 0 atom stereocenters. The van der Waals surface area contributed by atoms with Crippen LogP contribution in [0.1, 0.15) is 0 Å². The van der Waals surface area contributed by atoms with Gasteiger partial charge in [-0.15, -0.1) is 0 Å². The minimum Gasteiger partial charge on any atom is -0.256 e. The Balaban J connectivity index is 1.15. The van der Waals surface area contributed by atoms with Gasteiger partial charge in [0.1, 0.15) is 0 Å². The minimum absolute atomic E-state index is 0.547. The van der Waals surface area contributed by atoms with E-state index in [2.05, 4.69) is 47.4 Å². The van der Waals surface area contributed by atoms with E-state index in [1.807, 2.05) is 127 Å². The lowest BCUT2D eigenvalue weighted by atomic mass is 10.0. The van der Waals surface area contributed by atoms with Crippen molar-refractivity contribution in [3.8, 4) is 79.5 Å². The van der Waals surface area contributed by atoms with Crippen LogP contribution in [0.2, 0.25) is 0 Å². The van der Waals surface area contributed by atoms with Gasteiger partial charge in [0.2, 0.25) is 0 Å². The molecule has 9 rings (SSSR count). The summed E-state index contributed by atoms with van der Waals surface area (Å²) in [5, 5.41) is 1.01. The molecule has 6 aromatic carbocycles. The van der Waals surface area contributed by atoms with Crippen molar-refractivity contribution in [1.82, 2.24) is 34.9 Å². The molecule has 244 valence electrons. The first kappa shape index (κ1) is 30.8. The first-order valence-corrected chi connectivity index (χ1v) is 17.0. The van der Waals surface area contributed by atoms with Crippen LogP contribution in [0.4, 0.5) is 0 Å². The zero-order chi connectivity index (χ0) is 34.7. The summed E-state index contributed by atoms with van der Waals surface area (Å²) >= 11 is 0. The molecule has 0 aliphatic carbocycles. The van der Waals surface area contributed by atoms with E-state index in [-0.39, 0.29) is 0 Å². The third-order valence-electron chi connectivity index (χ3n) is 8.83. The molecule has 0 aliphatic heterocycles. The molecule has 0 bridgehead atoms. The number of hydrogen-bond donors (Lipinski definition) is 0. The number of nitrogens with zero attached hydrogens (tertiary/aromatic N) is 7. The predicted octanol–water partition coefficient (Wildman–Crippen LogP) is 10.3. The van der Waals surface area contributed by atoms with Crippen LogP contribution in [-0.4, -0.2) is 34.9 Å². The van der Waals surface area contributed by atoms with Gasteiger partial charge in [-0.05, 0) is 41.5 Å². The highest BCUT2D eigenvalue weighted by molar-refractivity contribution is 5.83. The Morgan fingerprint density at radius 1 is 0.250 bits per heavy atom. The second kappa shape index (κ2) is 13.6. The molecule has 3 heterocycles. The summed E-state index contributed by atoms with van der Waals surface area (Å²) in [6, 6.07) is 56.7. The van der Waals surface area contributed by atoms with Crippen LogP contribution < -0.4 is 0 Å². The molecule has 52 heavy (non-hydrogen) atoms. The minimum atomic E-state index is 0.547. The standard InChI is InChI=1S/C45H29N7/c1-4-12-30(13-5-1)31-21-23-34(24-22-31)42-47-40(32-14-6-2-7-15-32)48-43(51-42)36-18-10-19-37(29-36)44-49-41(33-16-8-3-9-17-33)50-45(52-44)38-25-26-39-35(28-38)20-11-27-46-39/h1-29H. The van der Waals surface area contributed by atoms with Crippen molar-refractivity contribution < 1.29 is 0 Å². The lowest BCUT2D eigenvalue weighted by Crippen LogP contribution is -2.02. The van der Waals surface area contributed by atoms with Gasteiger partial charge in [-0.25, -0.2) is 29.9 Å². The molecule has 9 aromatic rings. The van der Waals surface area contributed by atoms with E-state index >= 15 is 0 Å². The maximum Gasteiger partial charge on any atom is 0.164 e. The van der Waals surface area contributed by atoms with Crippen molar-refractivity contribution in [2.24, 2.45) is 0 Å². The number of hydrogen-bond acceptors (Lipinski definition) is 7. The summed E-state index contributed by atoms with van der Waals surface area (Å²) in [5.41, 5.74) is 8.42. The molecule has 3 aromatic heterocycles. The summed E-state index contributed by atoms with van der Waals surface area (Å²) in [7, 11) is 0. The number of aromatic nitrogens is 7. The molecule has 0 aliphatic rings. The molecule has 7 heteroatoms. The van der Waals surface area contributed by atoms with Gasteiger partial charge in [0, 0.05) is 45.0 Å². The zero-order valence-electron chi connectivity index (χ0n) is 27.9. The molecule has 7 nitrogen and oxygen atoms in total. The average molecular weight is 668 g/mol. The fourth-order valence-corrected chi connectivity index (χ4v) is 6.16. The van der Waals surface area contributed by atoms with Gasteiger partial charge >= 0.3 is 0 Å². The predicted molar refractivity (Wildman–Crippen MR) is 207 cm³/mol. The molecule has 0 saturated heterocycles. The number of benzene rings is 6. The molecule has 0 radical (unpaired) electrons. The van der Waals surface area contributed by atoms with Crippen molar-refractivity contribution in [2.45, 2.75) is 0 Å². The molecule has 0 saturated carbocycles. The second-order valence-corrected chi connectivity index (χ2v) is 12.3. The van der Waals surface area contributed by atoms with Gasteiger partial charge in [-0.3, -0.25) is 4.98 Å². The van der Waals surface area contributed by atoms with E-state index in [0.717, 1.165) is 55.4 Å². The SMILES string of the molecule is c1ccc(-c2ccc(-c3nc(-c4ccccc4)nc(-c4cccc(-c5nc(-c6ccccc6)nc(-c6ccc7ncccc7c6)n5)c4)n3)cc2)cc1. The van der Waals surface area contributed by atoms with Crippen LogP contribution in [0.5, 0.6) is 0 Å². The van der Waals surface area contributed by atoms with E-state index < -0.39 is 0 Å². The van der Waals surface area contributed by atoms with E-state index in [9.17, 15) is 0 Å². The number of rotatable bonds is 7. The summed E-state index contributed by atoms with van der Waals surface area (Å²) in [5.74, 6) is 3.45. The summed E-state index contributed by atoms with van der Waals surface area (Å²) < 4.78 is 0. The second-order valence-electron chi connectivity index (χ2n) is 12.3. The third kappa shape index (κ3) is 6.30. The fourth-order valence-electron chi connectivity index (χ4n) is 6.16. The normalized spacial score (nSPS) is 11.1. The summed E-state index contributed by atoms with van der Waals surface area (Å²) in [6.07, 6.45) is 1.80. The van der Waals surface area contributed by atoms with E-state index in [1.54, 1.807) is 6.20 Å².